The van der Waals surface area contributed by atoms with Gasteiger partial charge in [0.25, 0.3) is 10.0 Å². The van der Waals surface area contributed by atoms with Gasteiger partial charge in [0.15, 0.2) is 4.60 Å². The zero-order valence-corrected chi connectivity index (χ0v) is 13.3. The second-order valence-corrected chi connectivity index (χ2v) is 6.34. The monoisotopic (exact) mass is 370 g/mol. The van der Waals surface area contributed by atoms with E-state index in [0.29, 0.717) is 13.0 Å². The molecule has 0 saturated carbocycles. The average Bonchev–Trinajstić information content (AvgIpc) is 2.68. The number of rotatable bonds is 8. The zero-order valence-electron chi connectivity index (χ0n) is 10.9. The molecule has 0 amide bonds. The Labute approximate surface area is 124 Å². The van der Waals surface area contributed by atoms with Crippen LogP contribution < -0.4 is 4.72 Å². The van der Waals surface area contributed by atoms with Gasteiger partial charge in [-0.25, -0.2) is 13.1 Å². The number of carboxylic acid groups (broad SMARTS) is 1. The number of carbonyl (C=O) groups is 1. The van der Waals surface area contributed by atoms with Gasteiger partial charge in [-0.05, 0) is 28.8 Å². The Hall–Kier alpha value is -1.04. The van der Waals surface area contributed by atoms with Gasteiger partial charge in [0.1, 0.15) is 6.04 Å². The Balaban J connectivity index is 2.89. The minimum atomic E-state index is -4.04. The van der Waals surface area contributed by atoms with Crippen molar-refractivity contribution in [1.29, 1.82) is 0 Å². The number of methoxy groups -OCH3 is 1. The molecule has 1 atom stereocenters. The van der Waals surface area contributed by atoms with E-state index in [0.717, 1.165) is 4.68 Å². The van der Waals surface area contributed by atoms with Gasteiger partial charge in [0, 0.05) is 20.8 Å². The third-order valence-electron chi connectivity index (χ3n) is 2.43. The Morgan fingerprint density at radius 2 is 2.25 bits per heavy atom. The molecule has 1 heterocycles. The molecule has 1 aromatic heterocycles. The predicted molar refractivity (Wildman–Crippen MR) is 71.6 cm³/mol. The maximum atomic E-state index is 12.1. The maximum absolute atomic E-state index is 12.1. The molecule has 0 fully saturated rings. The predicted octanol–water partition coefficient (Wildman–Crippen LogP) is -0.264. The summed E-state index contributed by atoms with van der Waals surface area (Å²) >= 11 is 2.96. The van der Waals surface area contributed by atoms with Crippen molar-refractivity contribution < 1.29 is 23.1 Å². The van der Waals surface area contributed by atoms with Crippen LogP contribution in [-0.4, -0.2) is 54.2 Å². The van der Waals surface area contributed by atoms with Gasteiger partial charge in [0.05, 0.1) is 0 Å². The molecule has 0 radical (unpaired) electrons. The Morgan fingerprint density at radius 3 is 2.70 bits per heavy atom. The van der Waals surface area contributed by atoms with Crippen molar-refractivity contribution in [3.8, 4) is 0 Å². The molecule has 1 unspecified atom stereocenters. The molecule has 0 bridgehead atoms. The summed E-state index contributed by atoms with van der Waals surface area (Å²) in [5, 5.41) is 15.9. The van der Waals surface area contributed by atoms with Crippen molar-refractivity contribution >= 4 is 31.9 Å². The Bertz CT molecular complexity index is 553. The summed E-state index contributed by atoms with van der Waals surface area (Å²) in [4.78, 5) is 11.1. The average molecular weight is 371 g/mol. The second kappa shape index (κ2) is 7.11. The largest absolute Gasteiger partial charge is 0.480 e. The summed E-state index contributed by atoms with van der Waals surface area (Å²) in [6.07, 6.45) is 0.534. The fraction of sp³-hybridized carbons (Fsp3) is 0.667. The molecular weight excluding hydrogens is 356 g/mol. The lowest BCUT2D eigenvalue weighted by Crippen LogP contribution is -2.41. The van der Waals surface area contributed by atoms with Crippen molar-refractivity contribution in [1.82, 2.24) is 19.7 Å². The highest BCUT2D eigenvalue weighted by Crippen LogP contribution is 2.18. The highest BCUT2D eigenvalue weighted by atomic mass is 79.9. The van der Waals surface area contributed by atoms with Crippen molar-refractivity contribution in [3.63, 3.8) is 0 Å². The fourth-order valence-electron chi connectivity index (χ4n) is 1.52. The molecule has 114 valence electrons. The van der Waals surface area contributed by atoms with Gasteiger partial charge in [-0.2, -0.15) is 4.72 Å². The van der Waals surface area contributed by atoms with Crippen LogP contribution in [0.5, 0.6) is 0 Å². The van der Waals surface area contributed by atoms with Crippen LogP contribution in [0.25, 0.3) is 0 Å². The molecule has 1 rings (SSSR count). The van der Waals surface area contributed by atoms with Crippen molar-refractivity contribution in [2.75, 3.05) is 13.7 Å². The van der Waals surface area contributed by atoms with E-state index in [2.05, 4.69) is 31.0 Å². The van der Waals surface area contributed by atoms with Crippen LogP contribution in [-0.2, 0) is 26.6 Å². The number of aliphatic carboxylic acids is 1. The van der Waals surface area contributed by atoms with E-state index in [1.165, 1.54) is 14.2 Å². The summed E-state index contributed by atoms with van der Waals surface area (Å²) in [5.74, 6) is -1.25. The highest BCUT2D eigenvalue weighted by molar-refractivity contribution is 9.10. The molecule has 0 spiro atoms. The maximum Gasteiger partial charge on any atom is 0.321 e. The first kappa shape index (κ1) is 17.0. The number of aryl methyl sites for hydroxylation is 1. The summed E-state index contributed by atoms with van der Waals surface area (Å²) in [7, 11) is -1.16. The van der Waals surface area contributed by atoms with E-state index in [9.17, 15) is 13.2 Å². The molecule has 0 aliphatic carbocycles. The summed E-state index contributed by atoms with van der Waals surface area (Å²) < 4.78 is 32.3. The lowest BCUT2D eigenvalue weighted by atomic mass is 10.2. The van der Waals surface area contributed by atoms with Crippen LogP contribution in [0.3, 0.4) is 0 Å². The first-order valence-corrected chi connectivity index (χ1v) is 7.86. The molecule has 11 heteroatoms. The summed E-state index contributed by atoms with van der Waals surface area (Å²) in [6, 6.07) is -1.24. The van der Waals surface area contributed by atoms with Gasteiger partial charge in [-0.1, -0.05) is 5.21 Å². The molecule has 0 aliphatic rings. The highest BCUT2D eigenvalue weighted by Gasteiger charge is 2.29. The number of hydrogen-bond donors (Lipinski definition) is 2. The number of ether oxygens (including phenoxy) is 1. The fourth-order valence-corrected chi connectivity index (χ4v) is 3.83. The van der Waals surface area contributed by atoms with Gasteiger partial charge in [0.2, 0.25) is 5.03 Å². The lowest BCUT2D eigenvalue weighted by molar-refractivity contribution is -0.139. The van der Waals surface area contributed by atoms with Crippen LogP contribution in [0.15, 0.2) is 9.63 Å². The number of sulfonamides is 1. The van der Waals surface area contributed by atoms with E-state index in [1.54, 1.807) is 0 Å². The molecule has 20 heavy (non-hydrogen) atoms. The van der Waals surface area contributed by atoms with Crippen molar-refractivity contribution in [3.05, 3.63) is 4.60 Å². The van der Waals surface area contributed by atoms with Gasteiger partial charge < -0.3 is 9.84 Å². The number of nitrogens with one attached hydrogen (secondary N) is 1. The second-order valence-electron chi connectivity index (χ2n) is 3.96. The topological polar surface area (TPSA) is 123 Å². The zero-order chi connectivity index (χ0) is 15.3. The molecular formula is C9H15BrN4O5S. The van der Waals surface area contributed by atoms with E-state index in [1.807, 2.05) is 0 Å². The van der Waals surface area contributed by atoms with Crippen molar-refractivity contribution in [2.45, 2.75) is 23.9 Å². The van der Waals surface area contributed by atoms with E-state index in [-0.39, 0.29) is 16.0 Å². The van der Waals surface area contributed by atoms with Crippen LogP contribution in [0.2, 0.25) is 0 Å². The smallest absolute Gasteiger partial charge is 0.321 e. The third-order valence-corrected chi connectivity index (χ3v) is 4.79. The molecule has 0 saturated heterocycles. The van der Waals surface area contributed by atoms with Gasteiger partial charge in [-0.15, -0.1) is 5.10 Å². The first-order valence-electron chi connectivity index (χ1n) is 5.59. The van der Waals surface area contributed by atoms with E-state index < -0.39 is 22.0 Å². The van der Waals surface area contributed by atoms with Crippen LogP contribution >= 0.6 is 15.9 Å². The van der Waals surface area contributed by atoms with Crippen LogP contribution in [0, 0.1) is 0 Å². The Kier molecular flexibility index (Phi) is 6.05. The number of aromatic nitrogens is 3. The number of nitrogens with zero attached hydrogens (tertiary/aromatic N) is 3. The summed E-state index contributed by atoms with van der Waals surface area (Å²) in [6.45, 7) is 0.350. The van der Waals surface area contributed by atoms with E-state index in [4.69, 9.17) is 9.84 Å². The molecule has 0 aromatic carbocycles. The van der Waals surface area contributed by atoms with Crippen molar-refractivity contribution in [2.24, 2.45) is 7.05 Å². The van der Waals surface area contributed by atoms with Crippen LogP contribution in [0.4, 0.5) is 0 Å². The van der Waals surface area contributed by atoms with Crippen LogP contribution in [0.1, 0.15) is 12.8 Å². The third kappa shape index (κ3) is 4.23. The normalized spacial score (nSPS) is 13.3. The van der Waals surface area contributed by atoms with Gasteiger partial charge in [-0.3, -0.25) is 4.79 Å². The minimum Gasteiger partial charge on any atom is -0.480 e. The Morgan fingerprint density at radius 1 is 1.60 bits per heavy atom. The molecule has 9 nitrogen and oxygen atoms in total. The van der Waals surface area contributed by atoms with E-state index >= 15 is 0 Å². The number of hydrogen-bond acceptors (Lipinski definition) is 6. The number of halogens is 1. The van der Waals surface area contributed by atoms with Gasteiger partial charge >= 0.3 is 5.97 Å². The number of carboxylic acids is 1. The first-order chi connectivity index (χ1) is 9.29. The SMILES string of the molecule is COCCCC(NS(=O)(=O)c1c(Br)nnn1C)C(=O)O. The quantitative estimate of drug-likeness (QED) is 0.603. The molecule has 1 aromatic rings. The lowest BCUT2D eigenvalue weighted by Gasteiger charge is -2.14. The minimum absolute atomic E-state index is 0.0218. The molecule has 2 N–H and O–H groups in total. The standard InChI is InChI=1S/C9H15BrN4O5S/c1-14-8(7(10)11-13-14)20(17,18)12-6(9(15)16)4-3-5-19-2/h6,12H,3-5H2,1-2H3,(H,15,16). The summed E-state index contributed by atoms with van der Waals surface area (Å²) in [5.41, 5.74) is 0. The molecule has 0 aliphatic heterocycles.